The highest BCUT2D eigenvalue weighted by molar-refractivity contribution is 9.10. The Morgan fingerprint density at radius 2 is 1.76 bits per heavy atom. The smallest absolute Gasteiger partial charge is 0.255 e. The van der Waals surface area contributed by atoms with Crippen molar-refractivity contribution in [2.24, 2.45) is 7.05 Å². The Labute approximate surface area is 303 Å². The zero-order valence-electron chi connectivity index (χ0n) is 28.8. The molecular weight excluding hydrogens is 746 g/mol. The third-order valence-corrected chi connectivity index (χ3v) is 11.8. The SMILES string of the molecule is Cn1cc(-c2cc(Nc3ncc(Br)c(Nc4ccc(F)cc4P(C)(C)=O)n3)c(OC3CC(F)(F)C3)cc2N2CCC(N3CCNCC3)CC2)cn1. The summed E-state index contributed by atoms with van der Waals surface area (Å²) in [5, 5.41) is 14.7. The fourth-order valence-corrected chi connectivity index (χ4v) is 8.46. The lowest BCUT2D eigenvalue weighted by atomic mass is 9.91. The summed E-state index contributed by atoms with van der Waals surface area (Å²) < 4.78 is 63.7. The van der Waals surface area contributed by atoms with E-state index in [4.69, 9.17) is 4.74 Å². The minimum atomic E-state index is -2.85. The van der Waals surface area contributed by atoms with Crippen LogP contribution in [0.5, 0.6) is 5.75 Å². The molecule has 0 bridgehead atoms. The molecule has 3 N–H and O–H groups in total. The predicted molar refractivity (Wildman–Crippen MR) is 199 cm³/mol. The van der Waals surface area contributed by atoms with Gasteiger partial charge in [0.15, 0.2) is 0 Å². The molecule has 4 heterocycles. The highest BCUT2D eigenvalue weighted by atomic mass is 79.9. The van der Waals surface area contributed by atoms with Crippen molar-refractivity contribution in [2.45, 2.75) is 43.8 Å². The molecule has 7 rings (SSSR count). The first-order valence-corrected chi connectivity index (χ1v) is 20.5. The van der Waals surface area contributed by atoms with Gasteiger partial charge in [0.25, 0.3) is 5.92 Å². The van der Waals surface area contributed by atoms with E-state index in [1.54, 1.807) is 24.2 Å². The molecule has 4 aromatic rings. The molecule has 2 aliphatic heterocycles. The second-order valence-electron chi connectivity index (χ2n) is 13.9. The minimum Gasteiger partial charge on any atom is -0.488 e. The van der Waals surface area contributed by atoms with Crippen molar-refractivity contribution in [1.82, 2.24) is 30.0 Å². The van der Waals surface area contributed by atoms with Gasteiger partial charge in [-0.1, -0.05) is 0 Å². The Bertz CT molecular complexity index is 1940. The van der Waals surface area contributed by atoms with E-state index in [2.05, 4.69) is 56.7 Å². The van der Waals surface area contributed by atoms with Crippen LogP contribution >= 0.6 is 23.1 Å². The maximum Gasteiger partial charge on any atom is 0.255 e. The molecule has 0 radical (unpaired) electrons. The second kappa shape index (κ2) is 14.4. The van der Waals surface area contributed by atoms with E-state index in [-0.39, 0.29) is 18.8 Å². The van der Waals surface area contributed by atoms with Crippen LogP contribution in [-0.4, -0.2) is 95.3 Å². The number of aryl methyl sites for hydroxylation is 1. The van der Waals surface area contributed by atoms with E-state index in [9.17, 15) is 17.7 Å². The molecule has 3 aliphatic rings. The fraction of sp³-hybridized carbons (Fsp3) is 0.457. The van der Waals surface area contributed by atoms with E-state index >= 15 is 0 Å². The maximum absolute atomic E-state index is 14.1. The average molecular weight is 789 g/mol. The number of hydrogen-bond donors (Lipinski definition) is 3. The molecule has 0 atom stereocenters. The summed E-state index contributed by atoms with van der Waals surface area (Å²) in [4.78, 5) is 14.1. The molecule has 0 amide bonds. The van der Waals surface area contributed by atoms with Crippen molar-refractivity contribution in [3.63, 3.8) is 0 Å². The van der Waals surface area contributed by atoms with E-state index in [1.165, 1.54) is 18.2 Å². The normalized spacial score (nSPS) is 18.8. The number of aromatic nitrogens is 4. The van der Waals surface area contributed by atoms with Crippen LogP contribution in [0, 0.1) is 5.82 Å². The van der Waals surface area contributed by atoms with Crippen LogP contribution in [-0.2, 0) is 11.6 Å². The zero-order chi connectivity index (χ0) is 35.9. The Balaban J connectivity index is 1.23. The van der Waals surface area contributed by atoms with Crippen molar-refractivity contribution in [1.29, 1.82) is 0 Å². The zero-order valence-corrected chi connectivity index (χ0v) is 31.3. The first kappa shape index (κ1) is 35.7. The summed E-state index contributed by atoms with van der Waals surface area (Å²) >= 11 is 3.49. The van der Waals surface area contributed by atoms with Crippen molar-refractivity contribution < 1.29 is 22.5 Å². The van der Waals surface area contributed by atoms with Gasteiger partial charge < -0.3 is 30.2 Å². The Morgan fingerprint density at radius 1 is 1.02 bits per heavy atom. The average Bonchev–Trinajstić information content (AvgIpc) is 3.52. The van der Waals surface area contributed by atoms with Crippen LogP contribution in [0.4, 0.5) is 42.0 Å². The van der Waals surface area contributed by atoms with Gasteiger partial charge in [-0.15, -0.1) is 0 Å². The lowest BCUT2D eigenvalue weighted by molar-refractivity contribution is -0.134. The lowest BCUT2D eigenvalue weighted by Gasteiger charge is -2.41. The van der Waals surface area contributed by atoms with Gasteiger partial charge in [-0.25, -0.2) is 18.2 Å². The Morgan fingerprint density at radius 3 is 2.43 bits per heavy atom. The van der Waals surface area contributed by atoms with Crippen LogP contribution in [0.15, 0.2) is 53.4 Å². The van der Waals surface area contributed by atoms with Gasteiger partial charge >= 0.3 is 0 Å². The predicted octanol–water partition coefficient (Wildman–Crippen LogP) is 6.56. The molecule has 51 heavy (non-hydrogen) atoms. The van der Waals surface area contributed by atoms with Crippen LogP contribution < -0.4 is 30.9 Å². The summed E-state index contributed by atoms with van der Waals surface area (Å²) in [5.41, 5.74) is 3.71. The number of halogens is 4. The number of nitrogens with zero attached hydrogens (tertiary/aromatic N) is 6. The topological polar surface area (TPSA) is 112 Å². The summed E-state index contributed by atoms with van der Waals surface area (Å²) in [6, 6.07) is 8.48. The molecule has 2 saturated heterocycles. The number of hydrogen-bond acceptors (Lipinski definition) is 10. The molecule has 2 aromatic carbocycles. The molecule has 11 nitrogen and oxygen atoms in total. The lowest BCUT2D eigenvalue weighted by Crippen LogP contribution is -2.52. The fourth-order valence-electron chi connectivity index (χ4n) is 7.02. The monoisotopic (exact) mass is 787 g/mol. The summed E-state index contributed by atoms with van der Waals surface area (Å²) in [6.45, 7) is 8.95. The van der Waals surface area contributed by atoms with Crippen LogP contribution in [0.25, 0.3) is 11.1 Å². The minimum absolute atomic E-state index is 0.200. The molecule has 0 unspecified atom stereocenters. The van der Waals surface area contributed by atoms with Crippen LogP contribution in [0.2, 0.25) is 0 Å². The van der Waals surface area contributed by atoms with E-state index in [0.717, 1.165) is 68.9 Å². The molecule has 272 valence electrons. The van der Waals surface area contributed by atoms with E-state index in [1.807, 2.05) is 31.6 Å². The van der Waals surface area contributed by atoms with Gasteiger partial charge in [-0.3, -0.25) is 9.58 Å². The van der Waals surface area contributed by atoms with Crippen LogP contribution in [0.3, 0.4) is 0 Å². The van der Waals surface area contributed by atoms with Crippen molar-refractivity contribution in [3.8, 4) is 16.9 Å². The third kappa shape index (κ3) is 8.21. The number of nitrogens with one attached hydrogen (secondary N) is 3. The van der Waals surface area contributed by atoms with Gasteiger partial charge in [0.05, 0.1) is 22.0 Å². The number of benzene rings is 2. The number of alkyl halides is 2. The molecule has 0 spiro atoms. The maximum atomic E-state index is 14.1. The largest absolute Gasteiger partial charge is 0.488 e. The second-order valence-corrected chi connectivity index (χ2v) is 18.0. The standard InChI is InChI=1S/C35H42BrF3N9O2P/c1-46-21-22(19-42-46)26-15-29(44-34-41-20-27(36)33(45-34)43-28-5-4-23(37)14-32(28)51(2,3)49)31(50-25-17-35(38,39)18-25)16-30(26)48-10-6-24(7-11-48)47-12-8-40-9-13-47/h4-5,14-16,19-21,24-25,40H,6-13,17-18H2,1-3H3,(H2,41,43,44,45). The molecule has 3 fully saturated rings. The summed E-state index contributed by atoms with van der Waals surface area (Å²) in [6.07, 6.45) is 5.99. The number of piperazine rings is 1. The number of ether oxygens (including phenoxy) is 1. The first-order valence-electron chi connectivity index (χ1n) is 17.1. The molecule has 2 aromatic heterocycles. The van der Waals surface area contributed by atoms with Crippen molar-refractivity contribution in [3.05, 3.63) is 59.2 Å². The number of piperidine rings is 1. The van der Waals surface area contributed by atoms with Gasteiger partial charge in [0.2, 0.25) is 5.95 Å². The van der Waals surface area contributed by atoms with Gasteiger partial charge in [-0.05, 0) is 66.4 Å². The molecule has 1 saturated carbocycles. The number of anilines is 5. The van der Waals surface area contributed by atoms with E-state index < -0.39 is 25.0 Å². The third-order valence-electron chi connectivity index (χ3n) is 9.72. The number of rotatable bonds is 10. The van der Waals surface area contributed by atoms with Gasteiger partial charge in [0.1, 0.15) is 30.6 Å². The summed E-state index contributed by atoms with van der Waals surface area (Å²) in [5.74, 6) is -2.27. The van der Waals surface area contributed by atoms with Gasteiger partial charge in [-0.2, -0.15) is 10.1 Å². The molecule has 1 aliphatic carbocycles. The Kier molecular flexibility index (Phi) is 10.1. The highest BCUT2D eigenvalue weighted by Gasteiger charge is 2.47. The van der Waals surface area contributed by atoms with E-state index in [0.29, 0.717) is 38.8 Å². The molecular formula is C35H42BrF3N9O2P. The first-order chi connectivity index (χ1) is 24.3. The Hall–Kier alpha value is -3.65. The van der Waals surface area contributed by atoms with Crippen molar-refractivity contribution >= 4 is 57.2 Å². The molecule has 16 heteroatoms. The quantitative estimate of drug-likeness (QED) is 0.153. The van der Waals surface area contributed by atoms with Crippen molar-refractivity contribution in [2.75, 3.05) is 68.1 Å². The van der Waals surface area contributed by atoms with Crippen LogP contribution in [0.1, 0.15) is 25.7 Å². The van der Waals surface area contributed by atoms with Gasteiger partial charge in [0, 0.05) is 106 Å². The summed E-state index contributed by atoms with van der Waals surface area (Å²) in [7, 11) is -0.988. The highest BCUT2D eigenvalue weighted by Crippen LogP contribution is 2.46.